The van der Waals surface area contributed by atoms with E-state index in [0.29, 0.717) is 43.8 Å². The van der Waals surface area contributed by atoms with E-state index < -0.39 is 11.6 Å². The summed E-state index contributed by atoms with van der Waals surface area (Å²) in [6, 6.07) is 12.5. The standard InChI is InChI=1S/C19H11Cl2F2N3OS/c20-13-5-4-12(9-14(13)21)26-18(17-2-1-7-27-17)24-25-19(26)28-10-11-3-6-15(22)16(23)8-11/h1-9H,10H2. The second-order valence-corrected chi connectivity index (χ2v) is 7.51. The second kappa shape index (κ2) is 7.95. The molecule has 2 aromatic heterocycles. The largest absolute Gasteiger partial charge is 0.461 e. The van der Waals surface area contributed by atoms with Gasteiger partial charge in [-0.05, 0) is 48.0 Å². The first-order valence-electron chi connectivity index (χ1n) is 8.04. The molecule has 0 atom stereocenters. The minimum atomic E-state index is -0.889. The van der Waals surface area contributed by atoms with E-state index in [-0.39, 0.29) is 0 Å². The van der Waals surface area contributed by atoms with Crippen LogP contribution in [0.15, 0.2) is 64.4 Å². The van der Waals surface area contributed by atoms with Crippen molar-refractivity contribution in [3.05, 3.63) is 82.0 Å². The minimum Gasteiger partial charge on any atom is -0.461 e. The zero-order chi connectivity index (χ0) is 19.7. The summed E-state index contributed by atoms with van der Waals surface area (Å²) in [7, 11) is 0. The Morgan fingerprint density at radius 1 is 0.964 bits per heavy atom. The van der Waals surface area contributed by atoms with Gasteiger partial charge in [0.15, 0.2) is 22.6 Å². The topological polar surface area (TPSA) is 43.9 Å². The Kier molecular flexibility index (Phi) is 5.39. The van der Waals surface area contributed by atoms with Gasteiger partial charge in [0.05, 0.1) is 22.0 Å². The first kappa shape index (κ1) is 19.0. The number of hydrogen-bond acceptors (Lipinski definition) is 4. The molecule has 4 aromatic rings. The highest BCUT2D eigenvalue weighted by Crippen LogP contribution is 2.32. The van der Waals surface area contributed by atoms with Gasteiger partial charge in [0, 0.05) is 5.75 Å². The van der Waals surface area contributed by atoms with Crippen LogP contribution in [0.1, 0.15) is 5.56 Å². The molecule has 9 heteroatoms. The molecule has 4 rings (SSSR count). The van der Waals surface area contributed by atoms with E-state index in [4.69, 9.17) is 27.6 Å². The molecule has 2 heterocycles. The normalized spacial score (nSPS) is 11.1. The van der Waals surface area contributed by atoms with Gasteiger partial charge in [-0.15, -0.1) is 10.2 Å². The Balaban J connectivity index is 1.72. The van der Waals surface area contributed by atoms with Crippen LogP contribution in [-0.4, -0.2) is 14.8 Å². The lowest BCUT2D eigenvalue weighted by molar-refractivity contribution is 0.507. The summed E-state index contributed by atoms with van der Waals surface area (Å²) in [4.78, 5) is 0. The van der Waals surface area contributed by atoms with E-state index in [1.807, 2.05) is 0 Å². The predicted octanol–water partition coefficient (Wildman–Crippen LogP) is 6.40. The van der Waals surface area contributed by atoms with Gasteiger partial charge in [0.1, 0.15) is 0 Å². The number of furan rings is 1. The van der Waals surface area contributed by atoms with Crippen molar-refractivity contribution in [2.24, 2.45) is 0 Å². The molecule has 0 amide bonds. The molecule has 28 heavy (non-hydrogen) atoms. The summed E-state index contributed by atoms with van der Waals surface area (Å²) in [5.74, 6) is -0.392. The fraction of sp³-hybridized carbons (Fsp3) is 0.0526. The van der Waals surface area contributed by atoms with Crippen molar-refractivity contribution < 1.29 is 13.2 Å². The maximum atomic E-state index is 13.5. The number of nitrogens with zero attached hydrogens (tertiary/aromatic N) is 3. The SMILES string of the molecule is Fc1ccc(CSc2nnc(-c3ccco3)n2-c2ccc(Cl)c(Cl)c2)cc1F. The number of hydrogen-bond donors (Lipinski definition) is 0. The van der Waals surface area contributed by atoms with Crippen molar-refractivity contribution in [1.82, 2.24) is 14.8 Å². The fourth-order valence-electron chi connectivity index (χ4n) is 2.56. The van der Waals surface area contributed by atoms with E-state index in [0.717, 1.165) is 12.1 Å². The third kappa shape index (κ3) is 3.78. The molecule has 0 fully saturated rings. The molecule has 0 bridgehead atoms. The third-order valence-electron chi connectivity index (χ3n) is 3.89. The molecule has 0 saturated heterocycles. The average Bonchev–Trinajstić information content (AvgIpc) is 3.34. The van der Waals surface area contributed by atoms with E-state index in [1.165, 1.54) is 24.1 Å². The molecule has 142 valence electrons. The summed E-state index contributed by atoms with van der Waals surface area (Å²) in [6.07, 6.45) is 1.54. The zero-order valence-electron chi connectivity index (χ0n) is 14.1. The van der Waals surface area contributed by atoms with Crippen molar-refractivity contribution in [3.63, 3.8) is 0 Å². The van der Waals surface area contributed by atoms with Crippen LogP contribution in [0.2, 0.25) is 10.0 Å². The Hall–Kier alpha value is -2.35. The van der Waals surface area contributed by atoms with Gasteiger partial charge >= 0.3 is 0 Å². The molecule has 0 aliphatic rings. The molecule has 0 saturated carbocycles. The second-order valence-electron chi connectivity index (χ2n) is 5.75. The van der Waals surface area contributed by atoms with Crippen LogP contribution in [0.4, 0.5) is 8.78 Å². The Labute approximate surface area is 173 Å². The van der Waals surface area contributed by atoms with E-state index in [9.17, 15) is 8.78 Å². The number of benzene rings is 2. The summed E-state index contributed by atoms with van der Waals surface area (Å²) in [6.45, 7) is 0. The number of halogens is 4. The fourth-order valence-corrected chi connectivity index (χ4v) is 3.75. The van der Waals surface area contributed by atoms with Crippen LogP contribution < -0.4 is 0 Å². The van der Waals surface area contributed by atoms with Gasteiger partial charge in [-0.25, -0.2) is 8.78 Å². The Morgan fingerprint density at radius 2 is 1.82 bits per heavy atom. The van der Waals surface area contributed by atoms with Crippen LogP contribution >= 0.6 is 35.0 Å². The summed E-state index contributed by atoms with van der Waals surface area (Å²) in [5.41, 5.74) is 1.31. The average molecular weight is 438 g/mol. The molecule has 0 aliphatic heterocycles. The molecule has 0 aliphatic carbocycles. The summed E-state index contributed by atoms with van der Waals surface area (Å²) in [5, 5.41) is 9.79. The van der Waals surface area contributed by atoms with Gasteiger partial charge in [-0.2, -0.15) is 0 Å². The maximum Gasteiger partial charge on any atom is 0.205 e. The Bertz CT molecular complexity index is 1130. The molecule has 0 unspecified atom stereocenters. The van der Waals surface area contributed by atoms with Crippen LogP contribution in [0.3, 0.4) is 0 Å². The predicted molar refractivity (Wildman–Crippen MR) is 105 cm³/mol. The van der Waals surface area contributed by atoms with Crippen molar-refractivity contribution in [2.45, 2.75) is 10.9 Å². The van der Waals surface area contributed by atoms with Gasteiger partial charge in [0.25, 0.3) is 0 Å². The van der Waals surface area contributed by atoms with Gasteiger partial charge in [-0.1, -0.05) is 41.0 Å². The van der Waals surface area contributed by atoms with Gasteiger partial charge < -0.3 is 4.42 Å². The molecule has 4 nitrogen and oxygen atoms in total. The smallest absolute Gasteiger partial charge is 0.205 e. The van der Waals surface area contributed by atoms with Crippen molar-refractivity contribution >= 4 is 35.0 Å². The number of thioether (sulfide) groups is 1. The Morgan fingerprint density at radius 3 is 2.54 bits per heavy atom. The number of aromatic nitrogens is 3. The lowest BCUT2D eigenvalue weighted by atomic mass is 10.2. The van der Waals surface area contributed by atoms with E-state index in [2.05, 4.69) is 10.2 Å². The monoisotopic (exact) mass is 437 g/mol. The first-order chi connectivity index (χ1) is 13.5. The minimum absolute atomic E-state index is 0.370. The van der Waals surface area contributed by atoms with E-state index >= 15 is 0 Å². The van der Waals surface area contributed by atoms with E-state index in [1.54, 1.807) is 34.9 Å². The highest BCUT2D eigenvalue weighted by molar-refractivity contribution is 7.98. The molecule has 2 aromatic carbocycles. The zero-order valence-corrected chi connectivity index (χ0v) is 16.4. The quantitative estimate of drug-likeness (QED) is 0.338. The highest BCUT2D eigenvalue weighted by Gasteiger charge is 2.19. The van der Waals surface area contributed by atoms with Gasteiger partial charge in [0.2, 0.25) is 5.82 Å². The molecular formula is C19H11Cl2F2N3OS. The van der Waals surface area contributed by atoms with Gasteiger partial charge in [-0.3, -0.25) is 4.57 Å². The number of rotatable bonds is 5. The molecule has 0 radical (unpaired) electrons. The summed E-state index contributed by atoms with van der Waals surface area (Å²) >= 11 is 13.5. The van der Waals surface area contributed by atoms with Crippen LogP contribution in [0, 0.1) is 11.6 Å². The molecule has 0 N–H and O–H groups in total. The van der Waals surface area contributed by atoms with Crippen molar-refractivity contribution in [1.29, 1.82) is 0 Å². The molecule has 0 spiro atoms. The first-order valence-corrected chi connectivity index (χ1v) is 9.78. The van der Waals surface area contributed by atoms with Crippen LogP contribution in [0.5, 0.6) is 0 Å². The van der Waals surface area contributed by atoms with Crippen molar-refractivity contribution in [2.75, 3.05) is 0 Å². The van der Waals surface area contributed by atoms with Crippen LogP contribution in [-0.2, 0) is 5.75 Å². The lowest BCUT2D eigenvalue weighted by Crippen LogP contribution is -1.99. The summed E-state index contributed by atoms with van der Waals surface area (Å²) < 4.78 is 33.8. The lowest BCUT2D eigenvalue weighted by Gasteiger charge is -2.10. The maximum absolute atomic E-state index is 13.5. The van der Waals surface area contributed by atoms with Crippen molar-refractivity contribution in [3.8, 4) is 17.3 Å². The van der Waals surface area contributed by atoms with Crippen LogP contribution in [0.25, 0.3) is 17.3 Å². The molecular weight excluding hydrogens is 427 g/mol. The highest BCUT2D eigenvalue weighted by atomic mass is 35.5. The third-order valence-corrected chi connectivity index (χ3v) is 5.63.